The number of carbonyl (C=O) groups excluding carboxylic acids is 1. The average Bonchev–Trinajstić information content (AvgIpc) is 3.29. The van der Waals surface area contributed by atoms with Gasteiger partial charge in [0.25, 0.3) is 5.91 Å². The van der Waals surface area contributed by atoms with Crippen LogP contribution >= 0.6 is 0 Å². The molecule has 35 heavy (non-hydrogen) atoms. The first-order valence-corrected chi connectivity index (χ1v) is 13.2. The van der Waals surface area contributed by atoms with Crippen LogP contribution in [0.15, 0.2) is 54.3 Å². The molecule has 2 aromatic carbocycles. The quantitative estimate of drug-likeness (QED) is 0.434. The van der Waals surface area contributed by atoms with Crippen molar-refractivity contribution in [1.29, 1.82) is 0 Å². The Morgan fingerprint density at radius 2 is 1.86 bits per heavy atom. The minimum Gasteiger partial charge on any atom is -0.459 e. The molecule has 5 heteroatoms. The largest absolute Gasteiger partial charge is 0.459 e. The van der Waals surface area contributed by atoms with E-state index in [9.17, 15) is 4.79 Å². The first-order chi connectivity index (χ1) is 17.2. The van der Waals surface area contributed by atoms with E-state index in [-0.39, 0.29) is 24.5 Å². The van der Waals surface area contributed by atoms with Crippen LogP contribution in [0.2, 0.25) is 0 Å². The summed E-state index contributed by atoms with van der Waals surface area (Å²) in [6.07, 6.45) is 10.4. The van der Waals surface area contributed by atoms with Crippen LogP contribution in [0, 0.1) is 0 Å². The first kappa shape index (κ1) is 24.1. The molecule has 1 N–H and O–H groups in total. The lowest BCUT2D eigenvalue weighted by Gasteiger charge is -2.35. The maximum atomic E-state index is 13.6. The number of nitrogens with zero attached hydrogens (tertiary/aromatic N) is 1. The van der Waals surface area contributed by atoms with E-state index in [1.807, 2.05) is 18.0 Å². The van der Waals surface area contributed by atoms with Crippen LogP contribution in [0.4, 0.5) is 0 Å². The summed E-state index contributed by atoms with van der Waals surface area (Å²) >= 11 is 0. The second-order valence-electron chi connectivity index (χ2n) is 10.1. The molecule has 3 aliphatic rings. The molecule has 0 bridgehead atoms. The van der Waals surface area contributed by atoms with Gasteiger partial charge >= 0.3 is 0 Å². The lowest BCUT2D eigenvalue weighted by molar-refractivity contribution is -0.153. The van der Waals surface area contributed by atoms with Crippen LogP contribution in [0.1, 0.15) is 74.0 Å². The van der Waals surface area contributed by atoms with Crippen molar-refractivity contribution < 1.29 is 19.4 Å². The van der Waals surface area contributed by atoms with Crippen molar-refractivity contribution in [3.8, 4) is 11.1 Å². The van der Waals surface area contributed by atoms with Gasteiger partial charge in [-0.25, -0.2) is 0 Å². The molecule has 186 valence electrons. The van der Waals surface area contributed by atoms with Crippen molar-refractivity contribution in [2.45, 2.75) is 76.0 Å². The van der Waals surface area contributed by atoms with Crippen LogP contribution in [0.5, 0.6) is 0 Å². The Hall–Kier alpha value is -2.63. The van der Waals surface area contributed by atoms with Crippen molar-refractivity contribution >= 4 is 5.91 Å². The van der Waals surface area contributed by atoms with E-state index >= 15 is 0 Å². The van der Waals surface area contributed by atoms with Gasteiger partial charge in [0, 0.05) is 32.0 Å². The van der Waals surface area contributed by atoms with E-state index in [0.717, 1.165) is 25.7 Å². The molecule has 2 atom stereocenters. The van der Waals surface area contributed by atoms with Gasteiger partial charge in [-0.05, 0) is 66.0 Å². The number of rotatable bonds is 8. The molecule has 1 aliphatic heterocycles. The van der Waals surface area contributed by atoms with Gasteiger partial charge in [0.15, 0.2) is 5.76 Å². The second-order valence-corrected chi connectivity index (χ2v) is 10.1. The summed E-state index contributed by atoms with van der Waals surface area (Å²) in [5, 5.41) is 9.11. The summed E-state index contributed by atoms with van der Waals surface area (Å²) < 4.78 is 12.2. The zero-order chi connectivity index (χ0) is 24.2. The van der Waals surface area contributed by atoms with E-state index < -0.39 is 6.29 Å². The number of aliphatic hydroxyl groups excluding tert-OH is 1. The van der Waals surface area contributed by atoms with Crippen LogP contribution in [-0.4, -0.2) is 48.5 Å². The van der Waals surface area contributed by atoms with E-state index in [1.54, 1.807) is 0 Å². The summed E-state index contributed by atoms with van der Waals surface area (Å²) in [6.45, 7) is 0.667. The smallest absolute Gasteiger partial charge is 0.288 e. The van der Waals surface area contributed by atoms with E-state index in [0.29, 0.717) is 25.2 Å². The van der Waals surface area contributed by atoms with Gasteiger partial charge in [-0.15, -0.1) is 0 Å². The maximum Gasteiger partial charge on any atom is 0.288 e. The third-order valence-electron chi connectivity index (χ3n) is 7.85. The number of hydrogen-bond donors (Lipinski definition) is 1. The zero-order valence-corrected chi connectivity index (χ0v) is 20.7. The molecular formula is C30H37NO4. The average molecular weight is 476 g/mol. The molecule has 1 heterocycles. The van der Waals surface area contributed by atoms with Gasteiger partial charge in [-0.3, -0.25) is 4.79 Å². The standard InChI is InChI=1S/C30H37NO4/c1-31(23-11-3-2-4-12-23)30(33)28-19-22(20-29(35-28)34-17-8-7-16-32)25-14-9-15-26-24-13-6-5-10-21(24)18-27(25)26/h5-6,9-10,13-15,19,22-23,29,32H,2-4,7-8,11-12,16-18,20H2,1H3/t22-,29+/m0/s1. The van der Waals surface area contributed by atoms with Crippen LogP contribution < -0.4 is 0 Å². The Labute approximate surface area is 208 Å². The maximum absolute atomic E-state index is 13.6. The monoisotopic (exact) mass is 475 g/mol. The van der Waals surface area contributed by atoms with Crippen molar-refractivity contribution in [3.63, 3.8) is 0 Å². The Morgan fingerprint density at radius 3 is 2.69 bits per heavy atom. The number of amides is 1. The highest BCUT2D eigenvalue weighted by Gasteiger charge is 2.34. The molecule has 1 fully saturated rings. The summed E-state index contributed by atoms with van der Waals surface area (Å²) in [7, 11) is 1.92. The summed E-state index contributed by atoms with van der Waals surface area (Å²) in [5.74, 6) is 0.422. The second kappa shape index (κ2) is 11.0. The fraction of sp³-hybridized carbons (Fsp3) is 0.500. The number of fused-ring (bicyclic) bond motifs is 3. The minimum atomic E-state index is -0.470. The summed E-state index contributed by atoms with van der Waals surface area (Å²) in [6, 6.07) is 15.4. The zero-order valence-electron chi connectivity index (χ0n) is 20.7. The SMILES string of the molecule is CN(C(=O)C1=C[C@H](c2cccc3c2Cc2ccccc2-3)C[C@H](OCCCCO)O1)C1CCCCC1. The van der Waals surface area contributed by atoms with Crippen LogP contribution in [0.3, 0.4) is 0 Å². The molecule has 2 aromatic rings. The lowest BCUT2D eigenvalue weighted by Crippen LogP contribution is -2.41. The van der Waals surface area contributed by atoms with Crippen molar-refractivity contribution in [2.24, 2.45) is 0 Å². The lowest BCUT2D eigenvalue weighted by atomic mass is 9.87. The Balaban J connectivity index is 1.42. The van der Waals surface area contributed by atoms with E-state index in [4.69, 9.17) is 14.6 Å². The molecule has 0 unspecified atom stereocenters. The third kappa shape index (κ3) is 5.17. The number of hydrogen-bond acceptors (Lipinski definition) is 4. The molecule has 0 saturated heterocycles. The number of carbonyl (C=O) groups is 1. The van der Waals surface area contributed by atoms with Crippen LogP contribution in [-0.2, 0) is 20.7 Å². The fourth-order valence-electron chi connectivity index (χ4n) is 5.89. The van der Waals surface area contributed by atoms with Gasteiger partial charge < -0.3 is 19.5 Å². The summed E-state index contributed by atoms with van der Waals surface area (Å²) in [4.78, 5) is 15.4. The Bertz CT molecular complexity index is 1070. The van der Waals surface area contributed by atoms with Gasteiger partial charge in [0.1, 0.15) is 0 Å². The predicted molar refractivity (Wildman–Crippen MR) is 137 cm³/mol. The summed E-state index contributed by atoms with van der Waals surface area (Å²) in [5.41, 5.74) is 6.58. The first-order valence-electron chi connectivity index (χ1n) is 13.2. The molecule has 1 amide bonds. The molecular weight excluding hydrogens is 438 g/mol. The number of benzene rings is 2. The van der Waals surface area contributed by atoms with Crippen molar-refractivity contribution in [1.82, 2.24) is 4.90 Å². The Kier molecular flexibility index (Phi) is 7.54. The van der Waals surface area contributed by atoms with Crippen molar-refractivity contribution in [2.75, 3.05) is 20.3 Å². The Morgan fingerprint density at radius 1 is 1.06 bits per heavy atom. The fourth-order valence-corrected chi connectivity index (χ4v) is 5.89. The molecule has 2 aliphatic carbocycles. The topological polar surface area (TPSA) is 59.0 Å². The van der Waals surface area contributed by atoms with Crippen molar-refractivity contribution in [3.05, 3.63) is 71.0 Å². The van der Waals surface area contributed by atoms with Gasteiger partial charge in [0.2, 0.25) is 6.29 Å². The van der Waals surface area contributed by atoms with E-state index in [1.165, 1.54) is 47.1 Å². The number of aliphatic hydroxyl groups is 1. The number of allylic oxidation sites excluding steroid dienone is 1. The molecule has 0 radical (unpaired) electrons. The highest BCUT2D eigenvalue weighted by molar-refractivity contribution is 5.92. The molecule has 5 nitrogen and oxygen atoms in total. The molecule has 0 aromatic heterocycles. The molecule has 0 spiro atoms. The molecule has 5 rings (SSSR count). The molecule has 1 saturated carbocycles. The van der Waals surface area contributed by atoms with E-state index in [2.05, 4.69) is 42.5 Å². The van der Waals surface area contributed by atoms with Gasteiger partial charge in [-0.2, -0.15) is 0 Å². The number of unbranched alkanes of at least 4 members (excludes halogenated alkanes) is 1. The highest BCUT2D eigenvalue weighted by Crippen LogP contribution is 2.43. The van der Waals surface area contributed by atoms with Gasteiger partial charge in [0.05, 0.1) is 6.61 Å². The minimum absolute atomic E-state index is 0.0404. The number of likely N-dealkylation sites (N-methyl/N-ethyl adjacent to an activating group) is 1. The van der Waals surface area contributed by atoms with Crippen LogP contribution in [0.25, 0.3) is 11.1 Å². The third-order valence-corrected chi connectivity index (χ3v) is 7.85. The highest BCUT2D eigenvalue weighted by atomic mass is 16.7. The van der Waals surface area contributed by atoms with Gasteiger partial charge in [-0.1, -0.05) is 61.7 Å². The predicted octanol–water partition coefficient (Wildman–Crippen LogP) is 5.55. The normalized spacial score (nSPS) is 21.6. The number of ether oxygens (including phenoxy) is 2.